The maximum absolute atomic E-state index is 13.2. The Hall–Kier alpha value is -2.24. The summed E-state index contributed by atoms with van der Waals surface area (Å²) >= 11 is 0. The highest BCUT2D eigenvalue weighted by Crippen LogP contribution is 2.17. The van der Waals surface area contributed by atoms with Gasteiger partial charge >= 0.3 is 17.9 Å². The molecular weight excluding hydrogens is 492 g/mol. The minimum atomic E-state index is -0.702. The molecule has 1 fully saturated rings. The third kappa shape index (κ3) is 15.2. The van der Waals surface area contributed by atoms with E-state index < -0.39 is 34.7 Å². The van der Waals surface area contributed by atoms with Crippen molar-refractivity contribution in [2.75, 3.05) is 52.4 Å². The van der Waals surface area contributed by atoms with Crippen LogP contribution in [0.5, 0.6) is 0 Å². The number of nitrogens with two attached hydrogens (primary N) is 1. The van der Waals surface area contributed by atoms with Gasteiger partial charge < -0.3 is 19.9 Å². The molecule has 0 aromatic carbocycles. The largest absolute Gasteiger partial charge is 0.459 e. The van der Waals surface area contributed by atoms with Crippen molar-refractivity contribution in [3.63, 3.8) is 0 Å². The van der Waals surface area contributed by atoms with Gasteiger partial charge in [0.1, 0.15) is 22.8 Å². The number of carbonyl (C=O) groups is 4. The Morgan fingerprint density at radius 1 is 0.658 bits per heavy atom. The summed E-state index contributed by atoms with van der Waals surface area (Å²) in [5, 5.41) is 0. The summed E-state index contributed by atoms with van der Waals surface area (Å²) in [6, 6.07) is -0.702. The summed E-state index contributed by atoms with van der Waals surface area (Å²) in [5.74, 6) is -1.63. The van der Waals surface area contributed by atoms with Gasteiger partial charge in [0, 0.05) is 45.7 Å². The molecule has 0 radical (unpaired) electrons. The summed E-state index contributed by atoms with van der Waals surface area (Å²) in [5.41, 5.74) is 3.48. The molecule has 1 rings (SSSR count). The number of carbonyl (C=O) groups excluding carboxylic acids is 4. The van der Waals surface area contributed by atoms with Gasteiger partial charge in [-0.1, -0.05) is 0 Å². The van der Waals surface area contributed by atoms with Crippen molar-refractivity contribution in [1.82, 2.24) is 14.7 Å². The van der Waals surface area contributed by atoms with E-state index in [-0.39, 0.29) is 37.9 Å². The maximum atomic E-state index is 13.2. The van der Waals surface area contributed by atoms with Crippen molar-refractivity contribution in [3.8, 4) is 0 Å². The number of primary amides is 1. The highest BCUT2D eigenvalue weighted by Gasteiger charge is 2.32. The first-order valence-electron chi connectivity index (χ1n) is 13.4. The number of esters is 3. The number of nitrogens with zero attached hydrogens (tertiary/aromatic N) is 3. The topological polar surface area (TPSA) is 132 Å². The molecule has 0 aromatic rings. The number of hydrogen-bond donors (Lipinski definition) is 1. The second-order valence-electron chi connectivity index (χ2n) is 12.8. The fourth-order valence-corrected chi connectivity index (χ4v) is 4.00. The molecule has 11 nitrogen and oxygen atoms in total. The van der Waals surface area contributed by atoms with Gasteiger partial charge in [0.25, 0.3) is 0 Å². The van der Waals surface area contributed by atoms with Crippen LogP contribution in [-0.4, -0.2) is 114 Å². The lowest BCUT2D eigenvalue weighted by Crippen LogP contribution is -2.49. The molecule has 0 spiro atoms. The average Bonchev–Trinajstić information content (AvgIpc) is 2.76. The fraction of sp³-hybridized carbons (Fsp3) is 0.852. The van der Waals surface area contributed by atoms with Gasteiger partial charge in [-0.15, -0.1) is 0 Å². The van der Waals surface area contributed by atoms with Gasteiger partial charge in [0.2, 0.25) is 5.91 Å². The predicted octanol–water partition coefficient (Wildman–Crippen LogP) is 1.57. The molecule has 0 bridgehead atoms. The van der Waals surface area contributed by atoms with Crippen molar-refractivity contribution in [1.29, 1.82) is 0 Å². The zero-order valence-electron chi connectivity index (χ0n) is 24.9. The molecule has 1 atom stereocenters. The molecule has 2 N–H and O–H groups in total. The first-order valence-corrected chi connectivity index (χ1v) is 13.4. The molecule has 38 heavy (non-hydrogen) atoms. The van der Waals surface area contributed by atoms with Crippen molar-refractivity contribution in [2.45, 2.75) is 98.0 Å². The summed E-state index contributed by atoms with van der Waals surface area (Å²) in [4.78, 5) is 55.8. The molecule has 1 aliphatic rings. The lowest BCUT2D eigenvalue weighted by molar-refractivity contribution is -0.163. The summed E-state index contributed by atoms with van der Waals surface area (Å²) < 4.78 is 16.7. The van der Waals surface area contributed by atoms with Crippen LogP contribution in [0.2, 0.25) is 0 Å². The van der Waals surface area contributed by atoms with E-state index in [1.807, 2.05) is 56.2 Å². The first-order chi connectivity index (χ1) is 17.2. The Balaban J connectivity index is 3.18. The van der Waals surface area contributed by atoms with Crippen molar-refractivity contribution in [2.24, 2.45) is 5.73 Å². The van der Waals surface area contributed by atoms with Crippen LogP contribution in [0.15, 0.2) is 0 Å². The molecule has 0 unspecified atom stereocenters. The SMILES string of the molecule is CC(C)(C)OC(=O)CN1CCN(CC(=O)OC(C)(C)C)CCN([C@H](CCC(N)=O)C(=O)OC(C)(C)C)CC1. The zero-order chi connectivity index (χ0) is 29.3. The maximum Gasteiger partial charge on any atom is 0.323 e. The molecule has 11 heteroatoms. The van der Waals surface area contributed by atoms with Gasteiger partial charge in [0.15, 0.2) is 0 Å². The Morgan fingerprint density at radius 3 is 1.37 bits per heavy atom. The summed E-state index contributed by atoms with van der Waals surface area (Å²) in [7, 11) is 0. The number of rotatable bonds is 9. The van der Waals surface area contributed by atoms with Crippen molar-refractivity contribution in [3.05, 3.63) is 0 Å². The smallest absolute Gasteiger partial charge is 0.323 e. The van der Waals surface area contributed by atoms with Crippen LogP contribution in [0.25, 0.3) is 0 Å². The normalized spacial score (nSPS) is 18.0. The van der Waals surface area contributed by atoms with E-state index in [0.717, 1.165) is 0 Å². The van der Waals surface area contributed by atoms with Gasteiger partial charge in [0.05, 0.1) is 13.1 Å². The van der Waals surface area contributed by atoms with Crippen molar-refractivity contribution < 1.29 is 33.4 Å². The molecule has 220 valence electrons. The highest BCUT2D eigenvalue weighted by atomic mass is 16.6. The minimum Gasteiger partial charge on any atom is -0.459 e. The monoisotopic (exact) mass is 542 g/mol. The van der Waals surface area contributed by atoms with E-state index in [1.165, 1.54) is 0 Å². The fourth-order valence-electron chi connectivity index (χ4n) is 4.00. The Morgan fingerprint density at radius 2 is 1.03 bits per heavy atom. The molecule has 0 aliphatic carbocycles. The van der Waals surface area contributed by atoms with Gasteiger partial charge in [-0.2, -0.15) is 0 Å². The van der Waals surface area contributed by atoms with Gasteiger partial charge in [-0.25, -0.2) is 0 Å². The standard InChI is InChI=1S/C27H50N4O7/c1-25(2,3)36-22(33)18-29-12-13-30(19-23(34)37-26(4,5)6)15-17-31(16-14-29)20(10-11-21(28)32)24(35)38-27(7,8)9/h20H,10-19H2,1-9H3,(H2,28,32)/t20-/m1/s1. The van der Waals surface area contributed by atoms with Crippen LogP contribution in [0.3, 0.4) is 0 Å². The Labute approximate surface area is 228 Å². The molecular formula is C27H50N4O7. The minimum absolute atomic E-state index is 0.0314. The Bertz CT molecular complexity index is 770. The van der Waals surface area contributed by atoms with Crippen LogP contribution < -0.4 is 5.73 Å². The number of amides is 1. The van der Waals surface area contributed by atoms with E-state index in [1.54, 1.807) is 20.8 Å². The second kappa shape index (κ2) is 14.2. The lowest BCUT2D eigenvalue weighted by Gasteiger charge is -2.33. The Kier molecular flexibility index (Phi) is 12.7. The molecule has 0 aromatic heterocycles. The molecule has 0 saturated carbocycles. The third-order valence-electron chi connectivity index (χ3n) is 5.47. The van der Waals surface area contributed by atoms with Crippen LogP contribution >= 0.6 is 0 Å². The average molecular weight is 543 g/mol. The van der Waals surface area contributed by atoms with E-state index in [9.17, 15) is 19.2 Å². The molecule has 1 heterocycles. The molecule has 1 saturated heterocycles. The number of hydrogen-bond acceptors (Lipinski definition) is 10. The second-order valence-corrected chi connectivity index (χ2v) is 12.8. The third-order valence-corrected chi connectivity index (χ3v) is 5.47. The molecule has 1 amide bonds. The summed E-state index contributed by atoms with van der Waals surface area (Å²) in [6.07, 6.45) is 0.242. The van der Waals surface area contributed by atoms with Crippen LogP contribution in [0.1, 0.15) is 75.2 Å². The summed E-state index contributed by atoms with van der Waals surface area (Å²) in [6.45, 7) is 19.3. The van der Waals surface area contributed by atoms with Crippen molar-refractivity contribution >= 4 is 23.8 Å². The van der Waals surface area contributed by atoms with E-state index in [4.69, 9.17) is 19.9 Å². The quantitative estimate of drug-likeness (QED) is 0.338. The lowest BCUT2D eigenvalue weighted by atomic mass is 10.1. The highest BCUT2D eigenvalue weighted by molar-refractivity contribution is 5.78. The van der Waals surface area contributed by atoms with Gasteiger partial charge in [-0.3, -0.25) is 33.9 Å². The van der Waals surface area contributed by atoms with Gasteiger partial charge in [-0.05, 0) is 68.7 Å². The van der Waals surface area contributed by atoms with E-state index in [0.29, 0.717) is 39.3 Å². The predicted molar refractivity (Wildman–Crippen MR) is 144 cm³/mol. The van der Waals surface area contributed by atoms with E-state index >= 15 is 0 Å². The molecule has 1 aliphatic heterocycles. The first kappa shape index (κ1) is 33.8. The van der Waals surface area contributed by atoms with Crippen LogP contribution in [-0.2, 0) is 33.4 Å². The number of ether oxygens (including phenoxy) is 3. The van der Waals surface area contributed by atoms with Crippen LogP contribution in [0, 0.1) is 0 Å². The zero-order valence-corrected chi connectivity index (χ0v) is 24.9. The van der Waals surface area contributed by atoms with Crippen LogP contribution in [0.4, 0.5) is 0 Å². The van der Waals surface area contributed by atoms with E-state index in [2.05, 4.69) is 0 Å².